The first-order chi connectivity index (χ1) is 9.35. The van der Waals surface area contributed by atoms with Crippen LogP contribution in [0.25, 0.3) is 0 Å². The molecule has 0 aliphatic carbocycles. The van der Waals surface area contributed by atoms with Crippen LogP contribution in [-0.2, 0) is 0 Å². The first-order valence-electron chi connectivity index (χ1n) is 6.62. The van der Waals surface area contributed by atoms with E-state index in [0.717, 1.165) is 31.3 Å². The molecule has 5 heteroatoms. The number of ether oxygens (including phenoxy) is 1. The molecule has 1 atom stereocenters. The van der Waals surface area contributed by atoms with E-state index in [1.807, 2.05) is 18.2 Å². The number of hydrogen-bond acceptors (Lipinski definition) is 2. The Kier molecular flexibility index (Phi) is 7.43. The molecule has 20 heavy (non-hydrogen) atoms. The maximum atomic E-state index is 5.66. The van der Waals surface area contributed by atoms with Crippen molar-refractivity contribution in [2.45, 2.75) is 12.3 Å². The predicted octanol–water partition coefficient (Wildman–Crippen LogP) is 2.52. The van der Waals surface area contributed by atoms with Gasteiger partial charge in [-0.05, 0) is 18.1 Å². The Hall–Kier alpha value is -1.24. The van der Waals surface area contributed by atoms with Crippen molar-refractivity contribution in [3.05, 3.63) is 42.5 Å². The highest BCUT2D eigenvalue weighted by atomic mass is 127. The first-order valence-corrected chi connectivity index (χ1v) is 6.62. The fraction of sp³-hybridized carbons (Fsp3) is 0.400. The zero-order valence-corrected chi connectivity index (χ0v) is 14.1. The third kappa shape index (κ3) is 4.40. The van der Waals surface area contributed by atoms with E-state index in [-0.39, 0.29) is 24.0 Å². The van der Waals surface area contributed by atoms with Gasteiger partial charge in [0, 0.05) is 26.1 Å². The minimum atomic E-state index is 0. The van der Waals surface area contributed by atoms with Crippen molar-refractivity contribution in [3.8, 4) is 5.75 Å². The van der Waals surface area contributed by atoms with Gasteiger partial charge in [0.15, 0.2) is 5.96 Å². The maximum Gasteiger partial charge on any atom is 0.191 e. The molecule has 2 N–H and O–H groups in total. The van der Waals surface area contributed by atoms with Crippen LogP contribution in [0, 0.1) is 0 Å². The highest BCUT2D eigenvalue weighted by Gasteiger charge is 2.20. The Morgan fingerprint density at radius 2 is 2.25 bits per heavy atom. The zero-order chi connectivity index (χ0) is 13.5. The van der Waals surface area contributed by atoms with Crippen molar-refractivity contribution in [1.29, 1.82) is 0 Å². The lowest BCUT2D eigenvalue weighted by Crippen LogP contribution is -2.40. The summed E-state index contributed by atoms with van der Waals surface area (Å²) in [5.41, 5.74) is 1.28. The number of benzene rings is 1. The van der Waals surface area contributed by atoms with Crippen molar-refractivity contribution in [1.82, 2.24) is 10.6 Å². The smallest absolute Gasteiger partial charge is 0.191 e. The average molecular weight is 387 g/mol. The van der Waals surface area contributed by atoms with Crippen molar-refractivity contribution in [3.63, 3.8) is 0 Å². The van der Waals surface area contributed by atoms with Gasteiger partial charge in [-0.25, -0.2) is 0 Å². The lowest BCUT2D eigenvalue weighted by molar-refractivity contribution is 0.267. The summed E-state index contributed by atoms with van der Waals surface area (Å²) in [6, 6.07) is 8.25. The monoisotopic (exact) mass is 387 g/mol. The SMILES string of the molecule is C=CCNC(=NC)NCC1CCOc2ccccc21.I. The van der Waals surface area contributed by atoms with Gasteiger partial charge < -0.3 is 15.4 Å². The van der Waals surface area contributed by atoms with E-state index in [0.29, 0.717) is 12.5 Å². The highest BCUT2D eigenvalue weighted by Crippen LogP contribution is 2.32. The van der Waals surface area contributed by atoms with Gasteiger partial charge in [-0.15, -0.1) is 30.6 Å². The van der Waals surface area contributed by atoms with E-state index >= 15 is 0 Å². The van der Waals surface area contributed by atoms with Crippen LogP contribution >= 0.6 is 24.0 Å². The van der Waals surface area contributed by atoms with Gasteiger partial charge >= 0.3 is 0 Å². The van der Waals surface area contributed by atoms with Gasteiger partial charge in [0.05, 0.1) is 6.61 Å². The number of para-hydroxylation sites is 1. The highest BCUT2D eigenvalue weighted by molar-refractivity contribution is 14.0. The molecule has 1 aromatic rings. The molecule has 2 rings (SSSR count). The molecule has 1 unspecified atom stereocenters. The summed E-state index contributed by atoms with van der Waals surface area (Å²) in [5.74, 6) is 2.28. The normalized spacial score (nSPS) is 17.2. The molecule has 0 bridgehead atoms. The molecule has 1 aromatic carbocycles. The molecule has 0 spiro atoms. The van der Waals surface area contributed by atoms with Crippen molar-refractivity contribution < 1.29 is 4.74 Å². The molecule has 0 amide bonds. The second-order valence-electron chi connectivity index (χ2n) is 4.49. The second kappa shape index (κ2) is 8.84. The van der Waals surface area contributed by atoms with Crippen LogP contribution in [0.15, 0.2) is 41.9 Å². The molecule has 0 saturated carbocycles. The Bertz CT molecular complexity index is 462. The van der Waals surface area contributed by atoms with Crippen LogP contribution in [0.4, 0.5) is 0 Å². The summed E-state index contributed by atoms with van der Waals surface area (Å²) in [6.45, 7) is 6.04. The van der Waals surface area contributed by atoms with Gasteiger partial charge in [-0.1, -0.05) is 24.3 Å². The number of fused-ring (bicyclic) bond motifs is 1. The summed E-state index contributed by atoms with van der Waals surface area (Å²) < 4.78 is 5.66. The van der Waals surface area contributed by atoms with Gasteiger partial charge in [0.2, 0.25) is 0 Å². The summed E-state index contributed by atoms with van der Waals surface area (Å²) in [6.07, 6.45) is 2.85. The summed E-state index contributed by atoms with van der Waals surface area (Å²) in [7, 11) is 1.77. The van der Waals surface area contributed by atoms with Gasteiger partial charge in [-0.2, -0.15) is 0 Å². The number of nitrogens with zero attached hydrogens (tertiary/aromatic N) is 1. The second-order valence-corrected chi connectivity index (χ2v) is 4.49. The van der Waals surface area contributed by atoms with Crippen LogP contribution in [0.1, 0.15) is 17.9 Å². The summed E-state index contributed by atoms with van der Waals surface area (Å²) >= 11 is 0. The molecule has 0 aromatic heterocycles. The van der Waals surface area contributed by atoms with Crippen LogP contribution in [0.2, 0.25) is 0 Å². The van der Waals surface area contributed by atoms with E-state index in [1.54, 1.807) is 7.05 Å². The fourth-order valence-electron chi connectivity index (χ4n) is 2.24. The summed E-state index contributed by atoms with van der Waals surface area (Å²) in [5, 5.41) is 6.52. The van der Waals surface area contributed by atoms with Crippen molar-refractivity contribution >= 4 is 29.9 Å². The minimum absolute atomic E-state index is 0. The molecule has 0 saturated heterocycles. The maximum absolute atomic E-state index is 5.66. The van der Waals surface area contributed by atoms with Crippen LogP contribution in [0.3, 0.4) is 0 Å². The topological polar surface area (TPSA) is 45.7 Å². The summed E-state index contributed by atoms with van der Waals surface area (Å²) in [4.78, 5) is 4.18. The molecule has 0 radical (unpaired) electrons. The Balaban J connectivity index is 0.00000200. The first kappa shape index (κ1) is 16.8. The largest absolute Gasteiger partial charge is 0.493 e. The van der Waals surface area contributed by atoms with E-state index in [9.17, 15) is 0 Å². The minimum Gasteiger partial charge on any atom is -0.493 e. The van der Waals surface area contributed by atoms with Crippen LogP contribution in [-0.4, -0.2) is 32.7 Å². The number of aliphatic imine (C=N–C) groups is 1. The predicted molar refractivity (Wildman–Crippen MR) is 94.3 cm³/mol. The van der Waals surface area contributed by atoms with E-state index < -0.39 is 0 Å². The molecule has 0 fully saturated rings. The van der Waals surface area contributed by atoms with Crippen LogP contribution < -0.4 is 15.4 Å². The number of guanidine groups is 1. The molecule has 4 nitrogen and oxygen atoms in total. The molecule has 1 aliphatic heterocycles. The van der Waals surface area contributed by atoms with Crippen molar-refractivity contribution in [2.24, 2.45) is 4.99 Å². The van der Waals surface area contributed by atoms with E-state index in [4.69, 9.17) is 4.74 Å². The van der Waals surface area contributed by atoms with Crippen LogP contribution in [0.5, 0.6) is 5.75 Å². The number of nitrogens with one attached hydrogen (secondary N) is 2. The van der Waals surface area contributed by atoms with Gasteiger partial charge in [0.25, 0.3) is 0 Å². The Morgan fingerprint density at radius 1 is 1.45 bits per heavy atom. The number of rotatable bonds is 4. The third-order valence-corrected chi connectivity index (χ3v) is 3.24. The lowest BCUT2D eigenvalue weighted by atomic mass is 9.93. The van der Waals surface area contributed by atoms with Gasteiger partial charge in [0.1, 0.15) is 5.75 Å². The third-order valence-electron chi connectivity index (χ3n) is 3.24. The molecule has 110 valence electrons. The standard InChI is InChI=1S/C15H21N3O.HI/c1-3-9-17-15(16-2)18-11-12-8-10-19-14-7-5-4-6-13(12)14;/h3-7,12H,1,8-11H2,2H3,(H2,16,17,18);1H. The Labute approximate surface area is 137 Å². The lowest BCUT2D eigenvalue weighted by Gasteiger charge is -2.26. The molecule has 1 heterocycles. The molecular formula is C15H22IN3O. The Morgan fingerprint density at radius 3 is 3.00 bits per heavy atom. The fourth-order valence-corrected chi connectivity index (χ4v) is 2.24. The van der Waals surface area contributed by atoms with Crippen molar-refractivity contribution in [2.75, 3.05) is 26.7 Å². The number of hydrogen-bond donors (Lipinski definition) is 2. The average Bonchev–Trinajstić information content (AvgIpc) is 2.47. The number of halogens is 1. The van der Waals surface area contributed by atoms with Gasteiger partial charge in [-0.3, -0.25) is 4.99 Å². The van der Waals surface area contributed by atoms with E-state index in [1.165, 1.54) is 5.56 Å². The zero-order valence-electron chi connectivity index (χ0n) is 11.8. The van der Waals surface area contributed by atoms with E-state index in [2.05, 4.69) is 34.3 Å². The molecular weight excluding hydrogens is 365 g/mol. The quantitative estimate of drug-likeness (QED) is 0.361. The molecule has 1 aliphatic rings.